The van der Waals surface area contributed by atoms with E-state index in [1.807, 2.05) is 31.2 Å². The molecule has 0 spiro atoms. The average molecular weight is 335 g/mol. The predicted molar refractivity (Wildman–Crippen MR) is 86.6 cm³/mol. The Balaban J connectivity index is 2.15. The highest BCUT2D eigenvalue weighted by Crippen LogP contribution is 2.24. The standard InChI is InChI=1S/C18H19F2NO3/c1-12(13-7-9-15(23-3)10-8-13)21(2)17(22)14-5-4-6-16(11-14)24-18(19)20/h4-12,18H,1-3H3. The molecule has 0 aliphatic rings. The maximum Gasteiger partial charge on any atom is 0.387 e. The third kappa shape index (κ3) is 4.22. The fraction of sp³-hybridized carbons (Fsp3) is 0.278. The van der Waals surface area contributed by atoms with Gasteiger partial charge in [0.05, 0.1) is 13.2 Å². The number of rotatable bonds is 6. The zero-order chi connectivity index (χ0) is 17.7. The Kier molecular flexibility index (Phi) is 5.73. The number of alkyl halides is 2. The first-order chi connectivity index (χ1) is 11.4. The summed E-state index contributed by atoms with van der Waals surface area (Å²) in [5.74, 6) is 0.413. The van der Waals surface area contributed by atoms with Crippen molar-refractivity contribution in [1.29, 1.82) is 0 Å². The van der Waals surface area contributed by atoms with E-state index < -0.39 is 6.61 Å². The molecule has 2 aromatic carbocycles. The lowest BCUT2D eigenvalue weighted by Gasteiger charge is -2.25. The van der Waals surface area contributed by atoms with Gasteiger partial charge in [0.25, 0.3) is 5.91 Å². The molecule has 0 saturated heterocycles. The number of carbonyl (C=O) groups excluding carboxylic acids is 1. The molecule has 0 saturated carbocycles. The van der Waals surface area contributed by atoms with Crippen LogP contribution in [-0.4, -0.2) is 31.6 Å². The zero-order valence-corrected chi connectivity index (χ0v) is 13.7. The second-order valence-corrected chi connectivity index (χ2v) is 5.27. The van der Waals surface area contributed by atoms with Crippen LogP contribution in [0.4, 0.5) is 8.78 Å². The van der Waals surface area contributed by atoms with Crippen molar-refractivity contribution >= 4 is 5.91 Å². The maximum absolute atomic E-state index is 12.6. The molecule has 0 radical (unpaired) electrons. The van der Waals surface area contributed by atoms with Gasteiger partial charge in [-0.05, 0) is 42.8 Å². The van der Waals surface area contributed by atoms with Gasteiger partial charge in [0.15, 0.2) is 0 Å². The van der Waals surface area contributed by atoms with Crippen molar-refractivity contribution in [1.82, 2.24) is 4.90 Å². The van der Waals surface area contributed by atoms with E-state index in [1.54, 1.807) is 25.1 Å². The third-order valence-electron chi connectivity index (χ3n) is 3.81. The molecule has 0 bridgehead atoms. The molecule has 0 aliphatic heterocycles. The molecule has 128 valence electrons. The minimum absolute atomic E-state index is 0.0404. The van der Waals surface area contributed by atoms with Crippen molar-refractivity contribution in [2.45, 2.75) is 19.6 Å². The minimum Gasteiger partial charge on any atom is -0.497 e. The van der Waals surface area contributed by atoms with Crippen LogP contribution in [0.1, 0.15) is 28.9 Å². The Morgan fingerprint density at radius 2 is 1.75 bits per heavy atom. The van der Waals surface area contributed by atoms with Crippen molar-refractivity contribution in [2.75, 3.05) is 14.2 Å². The SMILES string of the molecule is COc1ccc(C(C)N(C)C(=O)c2cccc(OC(F)F)c2)cc1. The number of methoxy groups -OCH3 is 1. The molecule has 0 aromatic heterocycles. The van der Waals surface area contributed by atoms with E-state index in [-0.39, 0.29) is 23.3 Å². The van der Waals surface area contributed by atoms with Crippen LogP contribution < -0.4 is 9.47 Å². The smallest absolute Gasteiger partial charge is 0.387 e. The summed E-state index contributed by atoms with van der Waals surface area (Å²) in [5.41, 5.74) is 1.22. The van der Waals surface area contributed by atoms with Crippen LogP contribution in [-0.2, 0) is 0 Å². The minimum atomic E-state index is -2.92. The van der Waals surface area contributed by atoms with E-state index in [1.165, 1.54) is 18.2 Å². The summed E-state index contributed by atoms with van der Waals surface area (Å²) in [6, 6.07) is 13.0. The molecule has 1 unspecified atom stereocenters. The van der Waals surface area contributed by atoms with Crippen LogP contribution >= 0.6 is 0 Å². The van der Waals surface area contributed by atoms with Gasteiger partial charge in [-0.1, -0.05) is 18.2 Å². The van der Waals surface area contributed by atoms with Crippen molar-refractivity contribution in [3.8, 4) is 11.5 Å². The Morgan fingerprint density at radius 3 is 2.33 bits per heavy atom. The van der Waals surface area contributed by atoms with Gasteiger partial charge in [0.2, 0.25) is 0 Å². The van der Waals surface area contributed by atoms with Gasteiger partial charge in [-0.2, -0.15) is 8.78 Å². The zero-order valence-electron chi connectivity index (χ0n) is 13.7. The molecule has 6 heteroatoms. The van der Waals surface area contributed by atoms with Gasteiger partial charge < -0.3 is 14.4 Å². The molecule has 0 N–H and O–H groups in total. The van der Waals surface area contributed by atoms with Crippen LogP contribution in [0.5, 0.6) is 11.5 Å². The van der Waals surface area contributed by atoms with E-state index in [2.05, 4.69) is 4.74 Å². The fourth-order valence-electron chi connectivity index (χ4n) is 2.29. The number of nitrogens with zero attached hydrogens (tertiary/aromatic N) is 1. The number of halogens is 2. The van der Waals surface area contributed by atoms with E-state index in [9.17, 15) is 13.6 Å². The summed E-state index contributed by atoms with van der Waals surface area (Å²) in [6.07, 6.45) is 0. The third-order valence-corrected chi connectivity index (χ3v) is 3.81. The van der Waals surface area contributed by atoms with Gasteiger partial charge in [0.1, 0.15) is 11.5 Å². The first-order valence-corrected chi connectivity index (χ1v) is 7.38. The van der Waals surface area contributed by atoms with Crippen LogP contribution in [0.3, 0.4) is 0 Å². The Bertz CT molecular complexity index is 689. The van der Waals surface area contributed by atoms with E-state index in [0.717, 1.165) is 11.3 Å². The quantitative estimate of drug-likeness (QED) is 0.797. The highest BCUT2D eigenvalue weighted by atomic mass is 19.3. The van der Waals surface area contributed by atoms with Gasteiger partial charge in [-0.3, -0.25) is 4.79 Å². The molecule has 0 fully saturated rings. The van der Waals surface area contributed by atoms with Crippen LogP contribution in [0.2, 0.25) is 0 Å². The van der Waals surface area contributed by atoms with Crippen molar-refractivity contribution in [2.24, 2.45) is 0 Å². The summed E-state index contributed by atoms with van der Waals surface area (Å²) in [7, 11) is 3.25. The first kappa shape index (κ1) is 17.7. The Morgan fingerprint density at radius 1 is 1.08 bits per heavy atom. The number of amides is 1. The van der Waals surface area contributed by atoms with E-state index in [0.29, 0.717) is 0 Å². The molecule has 1 amide bonds. The maximum atomic E-state index is 12.6. The van der Waals surface area contributed by atoms with Gasteiger partial charge in [-0.15, -0.1) is 0 Å². The van der Waals surface area contributed by atoms with E-state index >= 15 is 0 Å². The molecule has 2 rings (SSSR count). The second-order valence-electron chi connectivity index (χ2n) is 5.27. The lowest BCUT2D eigenvalue weighted by atomic mass is 10.1. The largest absolute Gasteiger partial charge is 0.497 e. The molecule has 2 aromatic rings. The number of hydrogen-bond acceptors (Lipinski definition) is 3. The number of ether oxygens (including phenoxy) is 2. The molecular weight excluding hydrogens is 316 g/mol. The first-order valence-electron chi connectivity index (χ1n) is 7.38. The van der Waals surface area contributed by atoms with Crippen LogP contribution in [0, 0.1) is 0 Å². The Labute approximate surface area is 139 Å². The lowest BCUT2D eigenvalue weighted by molar-refractivity contribution is -0.0499. The number of carbonyl (C=O) groups is 1. The molecule has 4 nitrogen and oxygen atoms in total. The van der Waals surface area contributed by atoms with Gasteiger partial charge in [-0.25, -0.2) is 0 Å². The van der Waals surface area contributed by atoms with Crippen molar-refractivity contribution in [3.63, 3.8) is 0 Å². The molecular formula is C18H19F2NO3. The predicted octanol–water partition coefficient (Wildman–Crippen LogP) is 4.13. The summed E-state index contributed by atoms with van der Waals surface area (Å²) in [5, 5.41) is 0. The normalized spacial score (nSPS) is 11.9. The molecule has 1 atom stereocenters. The van der Waals surface area contributed by atoms with Crippen molar-refractivity contribution < 1.29 is 23.0 Å². The fourth-order valence-corrected chi connectivity index (χ4v) is 2.29. The van der Waals surface area contributed by atoms with E-state index in [4.69, 9.17) is 4.74 Å². The summed E-state index contributed by atoms with van der Waals surface area (Å²) >= 11 is 0. The average Bonchev–Trinajstić information content (AvgIpc) is 2.59. The highest BCUT2D eigenvalue weighted by molar-refractivity contribution is 5.94. The molecule has 0 heterocycles. The van der Waals surface area contributed by atoms with Gasteiger partial charge >= 0.3 is 6.61 Å². The highest BCUT2D eigenvalue weighted by Gasteiger charge is 2.19. The summed E-state index contributed by atoms with van der Waals surface area (Å²) < 4.78 is 34.0. The van der Waals surface area contributed by atoms with Gasteiger partial charge in [0, 0.05) is 12.6 Å². The Hall–Kier alpha value is -2.63. The lowest BCUT2D eigenvalue weighted by Crippen LogP contribution is -2.29. The summed E-state index contributed by atoms with van der Waals surface area (Å²) in [4.78, 5) is 14.1. The monoisotopic (exact) mass is 335 g/mol. The number of benzene rings is 2. The molecule has 24 heavy (non-hydrogen) atoms. The van der Waals surface area contributed by atoms with Crippen LogP contribution in [0.15, 0.2) is 48.5 Å². The van der Waals surface area contributed by atoms with Crippen LogP contribution in [0.25, 0.3) is 0 Å². The summed E-state index contributed by atoms with van der Waals surface area (Å²) in [6.45, 7) is -1.04. The van der Waals surface area contributed by atoms with Crippen molar-refractivity contribution in [3.05, 3.63) is 59.7 Å². The molecule has 0 aliphatic carbocycles. The second kappa shape index (κ2) is 7.77. The number of hydrogen-bond donors (Lipinski definition) is 0. The topological polar surface area (TPSA) is 38.8 Å².